The molecule has 2 saturated heterocycles. The van der Waals surface area contributed by atoms with Crippen LogP contribution in [-0.2, 0) is 19.2 Å². The van der Waals surface area contributed by atoms with Gasteiger partial charge >= 0.3 is 0 Å². The maximum Gasteiger partial charge on any atom is 0.253 e. The molecule has 2 aliphatic heterocycles. The third kappa shape index (κ3) is 3.83. The number of nitrogens with one attached hydrogen (secondary N) is 1. The summed E-state index contributed by atoms with van der Waals surface area (Å²) in [6.07, 6.45) is 2.11. The fourth-order valence-electron chi connectivity index (χ4n) is 7.61. The molecule has 2 aliphatic carbocycles. The first kappa shape index (κ1) is 28.6. The summed E-state index contributed by atoms with van der Waals surface area (Å²) >= 11 is 14.4. The zero-order chi connectivity index (χ0) is 31.1. The predicted octanol–water partition coefficient (Wildman–Crippen LogP) is 5.64. The van der Waals surface area contributed by atoms with Crippen LogP contribution in [0.2, 0.25) is 0 Å². The normalized spacial score (nSPS) is 31.0. The number of halogens is 2. The Bertz CT molecular complexity index is 1780. The number of alkyl halides is 2. The molecule has 2 N–H and O–H groups in total. The highest BCUT2D eigenvalue weighted by Crippen LogP contribution is 2.65. The molecule has 0 aromatic heterocycles. The van der Waals surface area contributed by atoms with Crippen LogP contribution < -0.4 is 10.2 Å². The molecule has 224 valence electrons. The molecule has 2 heterocycles. The first-order chi connectivity index (χ1) is 21.0. The van der Waals surface area contributed by atoms with Crippen molar-refractivity contribution in [2.75, 3.05) is 17.3 Å². The molecular weight excluding hydrogens is 601 g/mol. The van der Waals surface area contributed by atoms with Crippen molar-refractivity contribution in [3.8, 4) is 5.75 Å². The van der Waals surface area contributed by atoms with Crippen molar-refractivity contribution in [3.63, 3.8) is 0 Å². The van der Waals surface area contributed by atoms with Crippen LogP contribution in [0, 0.1) is 24.7 Å². The number of nitrogens with zero attached hydrogens (tertiary/aromatic N) is 2. The van der Waals surface area contributed by atoms with E-state index in [-0.39, 0.29) is 30.4 Å². The van der Waals surface area contributed by atoms with Gasteiger partial charge in [0.05, 0.1) is 17.5 Å². The molecule has 8 nitrogen and oxygen atoms in total. The van der Waals surface area contributed by atoms with Gasteiger partial charge < -0.3 is 10.4 Å². The maximum atomic E-state index is 14.2. The van der Waals surface area contributed by atoms with Gasteiger partial charge in [0.15, 0.2) is 9.75 Å². The number of fused-ring (bicyclic) bond motifs is 4. The molecule has 44 heavy (non-hydrogen) atoms. The average molecular weight is 631 g/mol. The molecule has 1 saturated carbocycles. The Labute approximate surface area is 264 Å². The van der Waals surface area contributed by atoms with E-state index in [1.54, 1.807) is 31.2 Å². The summed E-state index contributed by atoms with van der Waals surface area (Å²) in [7, 11) is 1.36. The van der Waals surface area contributed by atoms with Gasteiger partial charge in [-0.1, -0.05) is 42.0 Å². The topological polar surface area (TPSA) is 107 Å². The number of anilines is 3. The molecule has 6 atom stereocenters. The first-order valence-electron chi connectivity index (χ1n) is 14.5. The number of phenols is 1. The number of benzene rings is 3. The van der Waals surface area contributed by atoms with E-state index < -0.39 is 45.2 Å². The van der Waals surface area contributed by atoms with E-state index in [0.717, 1.165) is 16.3 Å². The standard InChI is InChI=1S/C34H29Cl2N3O5/c1-18-16-19(8-15-26(18)40)28-23-13-14-24-27(25(23)17-33(35)31(43)38(2)32(44)34(28,33)36)30(42)39(29(24)41)22-11-9-21(10-12-22)37-20-6-4-3-5-7-20/h3-13,15-16,24-25,27-28,37,40H,14,17H2,1-2H3. The Balaban J connectivity index is 1.27. The van der Waals surface area contributed by atoms with E-state index in [2.05, 4.69) is 5.32 Å². The largest absolute Gasteiger partial charge is 0.508 e. The van der Waals surface area contributed by atoms with Crippen LogP contribution in [-0.4, -0.2) is 50.4 Å². The summed E-state index contributed by atoms with van der Waals surface area (Å²) in [5.74, 6) is -4.75. The number of imide groups is 2. The van der Waals surface area contributed by atoms with Crippen molar-refractivity contribution in [3.05, 3.63) is 95.6 Å². The Morgan fingerprint density at radius 1 is 0.864 bits per heavy atom. The highest BCUT2D eigenvalue weighted by molar-refractivity contribution is 6.53. The lowest BCUT2D eigenvalue weighted by molar-refractivity contribution is -0.138. The van der Waals surface area contributed by atoms with Gasteiger partial charge in [-0.2, -0.15) is 0 Å². The third-order valence-corrected chi connectivity index (χ3v) is 11.2. The zero-order valence-electron chi connectivity index (χ0n) is 24.0. The summed E-state index contributed by atoms with van der Waals surface area (Å²) in [4.78, 5) is 53.8. The lowest BCUT2D eigenvalue weighted by Crippen LogP contribution is -2.60. The van der Waals surface area contributed by atoms with Crippen molar-refractivity contribution in [2.45, 2.75) is 35.4 Å². The lowest BCUT2D eigenvalue weighted by atomic mass is 9.56. The Morgan fingerprint density at radius 3 is 2.23 bits per heavy atom. The number of carbonyl (C=O) groups excluding carboxylic acids is 4. The molecule has 4 aliphatic rings. The second kappa shape index (κ2) is 9.94. The minimum absolute atomic E-state index is 0.0691. The van der Waals surface area contributed by atoms with Gasteiger partial charge in [-0.15, -0.1) is 23.2 Å². The van der Waals surface area contributed by atoms with Crippen molar-refractivity contribution in [2.24, 2.45) is 17.8 Å². The number of amides is 4. The third-order valence-electron chi connectivity index (χ3n) is 9.76. The Morgan fingerprint density at radius 2 is 1.55 bits per heavy atom. The molecule has 0 spiro atoms. The van der Waals surface area contributed by atoms with Crippen LogP contribution in [0.15, 0.2) is 84.4 Å². The van der Waals surface area contributed by atoms with Crippen molar-refractivity contribution in [1.82, 2.24) is 4.90 Å². The molecule has 7 rings (SSSR count). The number of phenolic OH excluding ortho intramolecular Hbond substituents is 1. The van der Waals surface area contributed by atoms with Gasteiger partial charge in [0.2, 0.25) is 11.8 Å². The predicted molar refractivity (Wildman–Crippen MR) is 167 cm³/mol. The second-order valence-electron chi connectivity index (χ2n) is 12.1. The smallest absolute Gasteiger partial charge is 0.253 e. The summed E-state index contributed by atoms with van der Waals surface area (Å²) in [6.45, 7) is 1.73. The minimum atomic E-state index is -1.86. The van der Waals surface area contributed by atoms with Crippen LogP contribution in [0.1, 0.15) is 29.9 Å². The number of allylic oxidation sites excluding steroid dienone is 2. The second-order valence-corrected chi connectivity index (χ2v) is 13.3. The summed E-state index contributed by atoms with van der Waals surface area (Å²) < 4.78 is 0. The van der Waals surface area contributed by atoms with E-state index in [4.69, 9.17) is 23.2 Å². The van der Waals surface area contributed by atoms with Crippen LogP contribution in [0.25, 0.3) is 0 Å². The highest BCUT2D eigenvalue weighted by atomic mass is 35.5. The number of hydrogen-bond donors (Lipinski definition) is 2. The van der Waals surface area contributed by atoms with Gasteiger partial charge in [0, 0.05) is 24.3 Å². The number of likely N-dealkylation sites (tertiary alicyclic amines) is 1. The van der Waals surface area contributed by atoms with E-state index in [1.165, 1.54) is 18.0 Å². The maximum absolute atomic E-state index is 14.2. The molecule has 3 aromatic rings. The fraction of sp³-hybridized carbons (Fsp3) is 0.294. The molecular formula is C34H29Cl2N3O5. The van der Waals surface area contributed by atoms with Crippen LogP contribution in [0.4, 0.5) is 17.1 Å². The van der Waals surface area contributed by atoms with Crippen LogP contribution in [0.3, 0.4) is 0 Å². The van der Waals surface area contributed by atoms with Crippen molar-refractivity contribution < 1.29 is 24.3 Å². The highest BCUT2D eigenvalue weighted by Gasteiger charge is 2.75. The molecule has 4 amide bonds. The lowest BCUT2D eigenvalue weighted by Gasteiger charge is -2.50. The molecule has 3 fully saturated rings. The molecule has 10 heteroatoms. The molecule has 6 unspecified atom stereocenters. The van der Waals surface area contributed by atoms with Gasteiger partial charge in [-0.25, -0.2) is 0 Å². The van der Waals surface area contributed by atoms with E-state index >= 15 is 0 Å². The van der Waals surface area contributed by atoms with Crippen molar-refractivity contribution >= 4 is 63.9 Å². The molecule has 3 aromatic carbocycles. The van der Waals surface area contributed by atoms with Crippen LogP contribution >= 0.6 is 23.2 Å². The SMILES string of the molecule is Cc1cc(C2C3=CCC4C(=O)N(c5ccc(Nc6ccccc6)cc5)C(=O)C4C3CC3(Cl)C(=O)N(C)C(=O)C23Cl)ccc1O. The van der Waals surface area contributed by atoms with Crippen molar-refractivity contribution in [1.29, 1.82) is 0 Å². The summed E-state index contributed by atoms with van der Waals surface area (Å²) in [6, 6.07) is 21.7. The quantitative estimate of drug-likeness (QED) is 0.220. The van der Waals surface area contributed by atoms with E-state index in [1.807, 2.05) is 48.5 Å². The van der Waals surface area contributed by atoms with E-state index in [9.17, 15) is 24.3 Å². The number of rotatable bonds is 4. The number of aromatic hydroxyl groups is 1. The Hall–Kier alpha value is -4.14. The van der Waals surface area contributed by atoms with Crippen LogP contribution in [0.5, 0.6) is 5.75 Å². The monoisotopic (exact) mass is 629 g/mol. The fourth-order valence-corrected chi connectivity index (χ4v) is 8.63. The van der Waals surface area contributed by atoms with E-state index in [0.29, 0.717) is 22.4 Å². The zero-order valence-corrected chi connectivity index (χ0v) is 25.5. The minimum Gasteiger partial charge on any atom is -0.508 e. The first-order valence-corrected chi connectivity index (χ1v) is 15.2. The van der Waals surface area contributed by atoms with Gasteiger partial charge in [0.1, 0.15) is 5.75 Å². The number of para-hydroxylation sites is 1. The number of carbonyl (C=O) groups is 4. The average Bonchev–Trinajstić information content (AvgIpc) is 3.34. The molecule has 0 bridgehead atoms. The van der Waals surface area contributed by atoms with Gasteiger partial charge in [-0.3, -0.25) is 29.0 Å². The number of hydrogen-bond acceptors (Lipinski definition) is 6. The Kier molecular flexibility index (Phi) is 6.47. The number of aryl methyl sites for hydroxylation is 1. The van der Waals surface area contributed by atoms with Gasteiger partial charge in [0.25, 0.3) is 11.8 Å². The summed E-state index contributed by atoms with van der Waals surface area (Å²) in [5, 5.41) is 13.5. The molecule has 0 radical (unpaired) electrons. The summed E-state index contributed by atoms with van der Waals surface area (Å²) in [5.41, 5.74) is 4.04. The van der Waals surface area contributed by atoms with Gasteiger partial charge in [-0.05, 0) is 79.3 Å².